The Labute approximate surface area is 170 Å². The average Bonchev–Trinajstić information content (AvgIpc) is 3.40. The van der Waals surface area contributed by atoms with Crippen LogP contribution in [0.15, 0.2) is 52.1 Å². The van der Waals surface area contributed by atoms with Crippen LogP contribution in [0.25, 0.3) is 15.7 Å². The fourth-order valence-electron chi connectivity index (χ4n) is 2.74. The number of rotatable bonds is 8. The molecule has 0 aliphatic carbocycles. The van der Waals surface area contributed by atoms with Gasteiger partial charge in [-0.2, -0.15) is 4.98 Å². The van der Waals surface area contributed by atoms with Crippen LogP contribution in [-0.2, 0) is 16.4 Å². The van der Waals surface area contributed by atoms with Crippen LogP contribution in [0.5, 0.6) is 5.75 Å². The molecule has 0 aliphatic rings. The normalized spacial score (nSPS) is 11.9. The highest BCUT2D eigenvalue weighted by Crippen LogP contribution is 2.25. The third-order valence-electron chi connectivity index (χ3n) is 4.00. The van der Waals surface area contributed by atoms with Crippen molar-refractivity contribution in [1.82, 2.24) is 19.3 Å². The number of benzene rings is 1. The summed E-state index contributed by atoms with van der Waals surface area (Å²) in [5.74, 6) is 1.04. The molecule has 3 heterocycles. The summed E-state index contributed by atoms with van der Waals surface area (Å²) in [7, 11) is -3.67. The zero-order valence-electron chi connectivity index (χ0n) is 15.0. The molecule has 3 aromatic heterocycles. The molecule has 0 radical (unpaired) electrons. The molecule has 0 amide bonds. The third kappa shape index (κ3) is 3.81. The Morgan fingerprint density at radius 3 is 2.82 bits per heavy atom. The van der Waals surface area contributed by atoms with Crippen molar-refractivity contribution in [3.8, 4) is 16.5 Å². The maximum absolute atomic E-state index is 12.7. The zero-order chi connectivity index (χ0) is 19.6. The third-order valence-corrected chi connectivity index (χ3v) is 7.23. The molecule has 10 heteroatoms. The van der Waals surface area contributed by atoms with Gasteiger partial charge in [-0.15, -0.1) is 27.8 Å². The summed E-state index contributed by atoms with van der Waals surface area (Å²) in [5, 5.41) is 8.50. The molecule has 146 valence electrons. The first kappa shape index (κ1) is 19.1. The van der Waals surface area contributed by atoms with Crippen molar-refractivity contribution in [3.63, 3.8) is 0 Å². The van der Waals surface area contributed by atoms with Crippen molar-refractivity contribution in [3.05, 3.63) is 52.9 Å². The van der Waals surface area contributed by atoms with E-state index in [1.807, 2.05) is 29.8 Å². The number of aromatic nitrogens is 3. The van der Waals surface area contributed by atoms with Gasteiger partial charge in [0, 0.05) is 18.3 Å². The largest absolute Gasteiger partial charge is 0.492 e. The highest BCUT2D eigenvalue weighted by atomic mass is 32.2. The van der Waals surface area contributed by atoms with E-state index in [1.54, 1.807) is 40.1 Å². The Morgan fingerprint density at radius 1 is 1.18 bits per heavy atom. The second-order valence-electron chi connectivity index (χ2n) is 5.86. The monoisotopic (exact) mass is 434 g/mol. The minimum absolute atomic E-state index is 0.146. The molecule has 0 atom stereocenters. The van der Waals surface area contributed by atoms with Gasteiger partial charge in [-0.25, -0.2) is 17.7 Å². The fraction of sp³-hybridized carbons (Fsp3) is 0.222. The van der Waals surface area contributed by atoms with Gasteiger partial charge in [-0.3, -0.25) is 0 Å². The first-order valence-corrected chi connectivity index (χ1v) is 11.9. The standard InChI is InChI=1S/C18H18N4O3S3/c1-2-25-14-6-3-4-8-16(14)28(23,24)19-10-9-13-12-27-18-20-17(21-22(13)18)15-7-5-11-26-15/h3-8,11-12,19H,2,9-10H2,1H3. The molecule has 0 spiro atoms. The number of thiophene rings is 1. The lowest BCUT2D eigenvalue weighted by Crippen LogP contribution is -2.26. The number of thiazole rings is 1. The molecule has 1 aromatic carbocycles. The van der Waals surface area contributed by atoms with Crippen LogP contribution in [-0.4, -0.2) is 36.2 Å². The Hall–Kier alpha value is -2.27. The van der Waals surface area contributed by atoms with Gasteiger partial charge in [0.25, 0.3) is 0 Å². The Balaban J connectivity index is 1.48. The van der Waals surface area contributed by atoms with E-state index in [9.17, 15) is 8.42 Å². The van der Waals surface area contributed by atoms with Crippen molar-refractivity contribution in [2.45, 2.75) is 18.2 Å². The lowest BCUT2D eigenvalue weighted by Gasteiger charge is -2.11. The minimum atomic E-state index is -3.67. The predicted molar refractivity (Wildman–Crippen MR) is 111 cm³/mol. The molecule has 0 aliphatic heterocycles. The maximum Gasteiger partial charge on any atom is 0.244 e. The number of nitrogens with one attached hydrogen (secondary N) is 1. The zero-order valence-corrected chi connectivity index (χ0v) is 17.5. The molecule has 4 rings (SSSR count). The van der Waals surface area contributed by atoms with E-state index >= 15 is 0 Å². The number of hydrogen-bond acceptors (Lipinski definition) is 7. The molecule has 0 unspecified atom stereocenters. The average molecular weight is 435 g/mol. The van der Waals surface area contributed by atoms with Gasteiger partial charge >= 0.3 is 0 Å². The Morgan fingerprint density at radius 2 is 2.04 bits per heavy atom. The molecule has 1 N–H and O–H groups in total. The van der Waals surface area contributed by atoms with Gasteiger partial charge in [-0.1, -0.05) is 18.2 Å². The molecular formula is C18H18N4O3S3. The Bertz CT molecular complexity index is 1180. The first-order chi connectivity index (χ1) is 13.6. The summed E-state index contributed by atoms with van der Waals surface area (Å²) in [5.41, 5.74) is 0.913. The van der Waals surface area contributed by atoms with E-state index in [0.29, 0.717) is 24.6 Å². The van der Waals surface area contributed by atoms with Crippen molar-refractivity contribution in [2.24, 2.45) is 0 Å². The molecule has 0 saturated heterocycles. The number of ether oxygens (including phenoxy) is 1. The fourth-order valence-corrected chi connectivity index (χ4v) is 5.43. The first-order valence-electron chi connectivity index (χ1n) is 8.67. The molecule has 28 heavy (non-hydrogen) atoms. The van der Waals surface area contributed by atoms with Crippen molar-refractivity contribution >= 4 is 37.7 Å². The lowest BCUT2D eigenvalue weighted by molar-refractivity contribution is 0.331. The van der Waals surface area contributed by atoms with Gasteiger partial charge in [-0.05, 0) is 30.5 Å². The van der Waals surface area contributed by atoms with Crippen molar-refractivity contribution in [2.75, 3.05) is 13.2 Å². The summed E-state index contributed by atoms with van der Waals surface area (Å²) in [4.78, 5) is 6.49. The second-order valence-corrected chi connectivity index (χ2v) is 9.38. The summed E-state index contributed by atoms with van der Waals surface area (Å²) < 4.78 is 35.2. The molecule has 0 saturated carbocycles. The van der Waals surface area contributed by atoms with Crippen LogP contribution in [0.4, 0.5) is 0 Å². The topological polar surface area (TPSA) is 85.6 Å². The molecule has 0 fully saturated rings. The SMILES string of the molecule is CCOc1ccccc1S(=O)(=O)NCCc1csc2nc(-c3cccs3)nn12. The van der Waals surface area contributed by atoms with E-state index in [1.165, 1.54) is 11.3 Å². The lowest BCUT2D eigenvalue weighted by atomic mass is 10.3. The van der Waals surface area contributed by atoms with Crippen LogP contribution in [0.1, 0.15) is 12.6 Å². The molecule has 4 aromatic rings. The molecular weight excluding hydrogens is 416 g/mol. The minimum Gasteiger partial charge on any atom is -0.492 e. The van der Waals surface area contributed by atoms with Gasteiger partial charge in [0.2, 0.25) is 15.0 Å². The number of hydrogen-bond donors (Lipinski definition) is 1. The second kappa shape index (κ2) is 8.00. The van der Waals surface area contributed by atoms with Gasteiger partial charge < -0.3 is 4.74 Å². The summed E-state index contributed by atoms with van der Waals surface area (Å²) >= 11 is 3.08. The van der Waals surface area contributed by atoms with Crippen LogP contribution in [0.3, 0.4) is 0 Å². The van der Waals surface area contributed by atoms with Gasteiger partial charge in [0.05, 0.1) is 17.2 Å². The number of nitrogens with zero attached hydrogens (tertiary/aromatic N) is 3. The summed E-state index contributed by atoms with van der Waals surface area (Å²) in [6.07, 6.45) is 0.503. The highest BCUT2D eigenvalue weighted by molar-refractivity contribution is 7.89. The number of fused-ring (bicyclic) bond motifs is 1. The van der Waals surface area contributed by atoms with Crippen LogP contribution in [0, 0.1) is 0 Å². The van der Waals surface area contributed by atoms with E-state index in [2.05, 4.69) is 14.8 Å². The van der Waals surface area contributed by atoms with Gasteiger partial charge in [0.1, 0.15) is 10.6 Å². The number of sulfonamides is 1. The Kier molecular flexibility index (Phi) is 5.44. The van der Waals surface area contributed by atoms with E-state index in [0.717, 1.165) is 15.5 Å². The highest BCUT2D eigenvalue weighted by Gasteiger charge is 2.19. The molecule has 0 bridgehead atoms. The maximum atomic E-state index is 12.7. The summed E-state index contributed by atoms with van der Waals surface area (Å²) in [6.45, 7) is 2.47. The molecule has 7 nitrogen and oxygen atoms in total. The van der Waals surface area contributed by atoms with Gasteiger partial charge in [0.15, 0.2) is 5.82 Å². The number of para-hydroxylation sites is 1. The van der Waals surface area contributed by atoms with Crippen molar-refractivity contribution < 1.29 is 13.2 Å². The quantitative estimate of drug-likeness (QED) is 0.459. The van der Waals surface area contributed by atoms with E-state index in [4.69, 9.17) is 4.74 Å². The van der Waals surface area contributed by atoms with E-state index < -0.39 is 10.0 Å². The van der Waals surface area contributed by atoms with Crippen LogP contribution < -0.4 is 9.46 Å². The van der Waals surface area contributed by atoms with E-state index in [-0.39, 0.29) is 11.4 Å². The van der Waals surface area contributed by atoms with Crippen LogP contribution >= 0.6 is 22.7 Å². The summed E-state index contributed by atoms with van der Waals surface area (Å²) in [6, 6.07) is 10.6. The van der Waals surface area contributed by atoms with Crippen molar-refractivity contribution in [1.29, 1.82) is 0 Å². The smallest absolute Gasteiger partial charge is 0.244 e. The predicted octanol–water partition coefficient (Wildman–Crippen LogP) is 3.44. The van der Waals surface area contributed by atoms with Crippen LogP contribution in [0.2, 0.25) is 0 Å².